The van der Waals surface area contributed by atoms with Crippen molar-refractivity contribution >= 4 is 11.8 Å². The largest absolute Gasteiger partial charge is 0.353 e. The Morgan fingerprint density at radius 2 is 1.84 bits per heavy atom. The maximum atomic E-state index is 13.8. The zero-order chi connectivity index (χ0) is 26.6. The molecule has 1 unspecified atom stereocenters. The first-order chi connectivity index (χ1) is 17.9. The molecule has 1 heterocycles. The Hall–Kier alpha value is -2.80. The molecule has 2 amide bonds. The molecular formula is C30H41F2N3O2. The van der Waals surface area contributed by atoms with Crippen molar-refractivity contribution in [1.82, 2.24) is 15.5 Å². The van der Waals surface area contributed by atoms with E-state index in [2.05, 4.69) is 48.7 Å². The van der Waals surface area contributed by atoms with Crippen molar-refractivity contribution in [2.24, 2.45) is 5.92 Å². The number of halogens is 2. The van der Waals surface area contributed by atoms with E-state index < -0.39 is 11.6 Å². The number of carbonyl (C=O) groups is 2. The van der Waals surface area contributed by atoms with Crippen molar-refractivity contribution in [1.29, 1.82) is 0 Å². The zero-order valence-corrected chi connectivity index (χ0v) is 22.2. The highest BCUT2D eigenvalue weighted by molar-refractivity contribution is 5.80. The third-order valence-corrected chi connectivity index (χ3v) is 7.05. The molecule has 0 saturated carbocycles. The van der Waals surface area contributed by atoms with Gasteiger partial charge >= 0.3 is 0 Å². The molecule has 0 radical (unpaired) electrons. The first kappa shape index (κ1) is 28.8. The fourth-order valence-corrected chi connectivity index (χ4v) is 4.96. The van der Waals surface area contributed by atoms with Gasteiger partial charge in [0.15, 0.2) is 0 Å². The fourth-order valence-electron chi connectivity index (χ4n) is 4.96. The topological polar surface area (TPSA) is 61.4 Å². The monoisotopic (exact) mass is 513 g/mol. The number of nitrogens with zero attached hydrogens (tertiary/aromatic N) is 1. The van der Waals surface area contributed by atoms with Gasteiger partial charge in [0.2, 0.25) is 11.8 Å². The molecule has 2 aromatic carbocycles. The van der Waals surface area contributed by atoms with Gasteiger partial charge in [-0.2, -0.15) is 0 Å². The predicted molar refractivity (Wildman–Crippen MR) is 143 cm³/mol. The average Bonchev–Trinajstić information content (AvgIpc) is 2.85. The lowest BCUT2D eigenvalue weighted by Gasteiger charge is -2.31. The molecule has 0 aromatic heterocycles. The second-order valence-electron chi connectivity index (χ2n) is 10.2. The first-order valence-electron chi connectivity index (χ1n) is 13.7. The summed E-state index contributed by atoms with van der Waals surface area (Å²) in [7, 11) is 0. The number of hydrogen-bond donors (Lipinski definition) is 2. The summed E-state index contributed by atoms with van der Waals surface area (Å²) < 4.78 is 27.6. The number of unbranched alkanes of at least 4 members (excludes halogenated alkanes) is 1. The number of carbonyl (C=O) groups excluding carboxylic acids is 2. The van der Waals surface area contributed by atoms with Crippen LogP contribution in [0, 0.1) is 17.6 Å². The second-order valence-corrected chi connectivity index (χ2v) is 10.2. The molecule has 1 fully saturated rings. The van der Waals surface area contributed by atoms with Crippen LogP contribution in [0.4, 0.5) is 8.78 Å². The minimum absolute atomic E-state index is 0.0293. The minimum atomic E-state index is -0.623. The molecule has 2 aromatic rings. The van der Waals surface area contributed by atoms with E-state index in [1.54, 1.807) is 0 Å². The highest BCUT2D eigenvalue weighted by Crippen LogP contribution is 2.22. The lowest BCUT2D eigenvalue weighted by Crippen LogP contribution is -2.42. The highest BCUT2D eigenvalue weighted by Gasteiger charge is 2.27. The van der Waals surface area contributed by atoms with Crippen LogP contribution in [-0.4, -0.2) is 42.4 Å². The summed E-state index contributed by atoms with van der Waals surface area (Å²) in [5.41, 5.74) is 2.99. The maximum absolute atomic E-state index is 13.8. The lowest BCUT2D eigenvalue weighted by molar-refractivity contribution is -0.135. The van der Waals surface area contributed by atoms with E-state index in [-0.39, 0.29) is 23.8 Å². The molecule has 2 atom stereocenters. The van der Waals surface area contributed by atoms with Gasteiger partial charge in [0.1, 0.15) is 11.6 Å². The van der Waals surface area contributed by atoms with Gasteiger partial charge in [-0.1, -0.05) is 44.5 Å². The van der Waals surface area contributed by atoms with Gasteiger partial charge in [0, 0.05) is 44.6 Å². The number of aryl methyl sites for hydroxylation is 1. The Balaban J connectivity index is 1.54. The number of hydrogen-bond acceptors (Lipinski definition) is 3. The molecular weight excluding hydrogens is 472 g/mol. The van der Waals surface area contributed by atoms with Crippen LogP contribution in [0.1, 0.15) is 69.1 Å². The summed E-state index contributed by atoms with van der Waals surface area (Å²) in [5, 5.41) is 6.50. The summed E-state index contributed by atoms with van der Waals surface area (Å²) in [4.78, 5) is 27.3. The highest BCUT2D eigenvalue weighted by atomic mass is 19.1. The van der Waals surface area contributed by atoms with Crippen LogP contribution >= 0.6 is 0 Å². The Kier molecular flexibility index (Phi) is 11.5. The number of rotatable bonds is 14. The number of likely N-dealkylation sites (tertiary alicyclic amines) is 1. The molecule has 3 rings (SSSR count). The van der Waals surface area contributed by atoms with Crippen molar-refractivity contribution in [2.45, 2.75) is 77.8 Å². The molecule has 1 aliphatic rings. The summed E-state index contributed by atoms with van der Waals surface area (Å²) >= 11 is 0. The molecule has 0 aliphatic carbocycles. The van der Waals surface area contributed by atoms with Crippen LogP contribution in [0.25, 0.3) is 0 Å². The normalized spacial score (nSPS) is 16.6. The standard InChI is InChI=1S/C30H41F2N3O2/c1-3-5-12-35-13-10-23(19-30(35)37)18-29(36)34-28(17-25-15-26(31)20-27(32)16-25)9-11-33-21-24-8-6-7-22(4-2)14-24/h6-8,14-16,20,23,28,33H,3-5,9-13,17-19,21H2,1-2H3,(H,34,36)/t23?,28-/m1/s1. The van der Waals surface area contributed by atoms with Crippen molar-refractivity contribution in [2.75, 3.05) is 19.6 Å². The van der Waals surface area contributed by atoms with Gasteiger partial charge in [-0.15, -0.1) is 0 Å². The van der Waals surface area contributed by atoms with E-state index >= 15 is 0 Å². The van der Waals surface area contributed by atoms with E-state index in [1.165, 1.54) is 23.3 Å². The Morgan fingerprint density at radius 1 is 1.08 bits per heavy atom. The molecule has 2 N–H and O–H groups in total. The van der Waals surface area contributed by atoms with E-state index in [1.807, 2.05) is 4.90 Å². The molecule has 37 heavy (non-hydrogen) atoms. The first-order valence-corrected chi connectivity index (χ1v) is 13.7. The van der Waals surface area contributed by atoms with Crippen LogP contribution in [0.5, 0.6) is 0 Å². The Labute approximate surface area is 220 Å². The van der Waals surface area contributed by atoms with Crippen molar-refractivity contribution in [3.63, 3.8) is 0 Å². The summed E-state index contributed by atoms with van der Waals surface area (Å²) in [6.07, 6.45) is 5.49. The molecule has 7 heteroatoms. The van der Waals surface area contributed by atoms with Crippen LogP contribution in [0.3, 0.4) is 0 Å². The number of benzene rings is 2. The SMILES string of the molecule is CCCCN1CCC(CC(=O)N[C@H](CCNCc2cccc(CC)c2)Cc2cc(F)cc(F)c2)CC1=O. The van der Waals surface area contributed by atoms with Crippen LogP contribution < -0.4 is 10.6 Å². The van der Waals surface area contributed by atoms with Gasteiger partial charge in [0.05, 0.1) is 0 Å². The van der Waals surface area contributed by atoms with Crippen LogP contribution in [0.15, 0.2) is 42.5 Å². The van der Waals surface area contributed by atoms with Crippen molar-refractivity contribution < 1.29 is 18.4 Å². The van der Waals surface area contributed by atoms with Gasteiger partial charge in [0.25, 0.3) is 0 Å². The smallest absolute Gasteiger partial charge is 0.222 e. The molecule has 5 nitrogen and oxygen atoms in total. The molecule has 0 spiro atoms. The Bertz CT molecular complexity index is 1010. The van der Waals surface area contributed by atoms with E-state index in [0.29, 0.717) is 50.9 Å². The predicted octanol–water partition coefficient (Wildman–Crippen LogP) is 5.16. The van der Waals surface area contributed by atoms with Crippen molar-refractivity contribution in [3.05, 3.63) is 70.8 Å². The van der Waals surface area contributed by atoms with E-state index in [9.17, 15) is 18.4 Å². The fraction of sp³-hybridized carbons (Fsp3) is 0.533. The second kappa shape index (κ2) is 14.8. The van der Waals surface area contributed by atoms with Gasteiger partial charge in [-0.25, -0.2) is 8.78 Å². The summed E-state index contributed by atoms with van der Waals surface area (Å²) in [6, 6.07) is 11.6. The van der Waals surface area contributed by atoms with Crippen LogP contribution in [-0.2, 0) is 29.0 Å². The third-order valence-electron chi connectivity index (χ3n) is 7.05. The minimum Gasteiger partial charge on any atom is -0.353 e. The quantitative estimate of drug-likeness (QED) is 0.343. The average molecular weight is 514 g/mol. The summed E-state index contributed by atoms with van der Waals surface area (Å²) in [5.74, 6) is -1.20. The molecule has 1 saturated heterocycles. The third kappa shape index (κ3) is 9.88. The van der Waals surface area contributed by atoms with Crippen molar-refractivity contribution in [3.8, 4) is 0 Å². The van der Waals surface area contributed by atoms with Gasteiger partial charge < -0.3 is 15.5 Å². The van der Waals surface area contributed by atoms with E-state index in [0.717, 1.165) is 38.3 Å². The maximum Gasteiger partial charge on any atom is 0.222 e. The number of nitrogens with one attached hydrogen (secondary N) is 2. The van der Waals surface area contributed by atoms with Gasteiger partial charge in [-0.3, -0.25) is 9.59 Å². The van der Waals surface area contributed by atoms with E-state index in [4.69, 9.17) is 0 Å². The number of piperidine rings is 1. The van der Waals surface area contributed by atoms with Gasteiger partial charge in [-0.05, 0) is 73.4 Å². The molecule has 202 valence electrons. The molecule has 0 bridgehead atoms. The van der Waals surface area contributed by atoms with Crippen LogP contribution in [0.2, 0.25) is 0 Å². The summed E-state index contributed by atoms with van der Waals surface area (Å²) in [6.45, 7) is 7.08. The number of amides is 2. The molecule has 1 aliphatic heterocycles. The lowest BCUT2D eigenvalue weighted by atomic mass is 9.92. The zero-order valence-electron chi connectivity index (χ0n) is 22.2. The Morgan fingerprint density at radius 3 is 2.54 bits per heavy atom.